The number of benzene rings is 3. The summed E-state index contributed by atoms with van der Waals surface area (Å²) in [5.41, 5.74) is 4.48. The number of hydrazone groups is 1. The normalized spacial score (nSPS) is 11.3. The van der Waals surface area contributed by atoms with Crippen LogP contribution >= 0.6 is 33.9 Å². The Morgan fingerprint density at radius 2 is 1.97 bits per heavy atom. The lowest BCUT2D eigenvalue weighted by Gasteiger charge is -2.10. The fourth-order valence-corrected chi connectivity index (χ4v) is 4.78. The molecule has 0 radical (unpaired) electrons. The van der Waals surface area contributed by atoms with Gasteiger partial charge in [0.2, 0.25) is 5.91 Å². The molecule has 0 saturated heterocycles. The summed E-state index contributed by atoms with van der Waals surface area (Å²) in [4.78, 5) is 16.5. The zero-order valence-electron chi connectivity index (χ0n) is 20.0. The van der Waals surface area contributed by atoms with E-state index in [1.807, 2.05) is 18.2 Å². The average molecular weight is 661 g/mol. The van der Waals surface area contributed by atoms with Gasteiger partial charge in [-0.3, -0.25) is 4.79 Å². The topological polar surface area (TPSA) is 99.4 Å². The number of hydrogen-bond acceptors (Lipinski definition) is 7. The summed E-state index contributed by atoms with van der Waals surface area (Å²) in [6.45, 7) is 0.261. The van der Waals surface area contributed by atoms with Gasteiger partial charge in [-0.1, -0.05) is 24.3 Å². The van der Waals surface area contributed by atoms with E-state index in [2.05, 4.69) is 49.5 Å². The van der Waals surface area contributed by atoms with Crippen molar-refractivity contribution < 1.29 is 22.7 Å². The molecule has 2 N–H and O–H groups in total. The second-order valence-electron chi connectivity index (χ2n) is 8.06. The van der Waals surface area contributed by atoms with Gasteiger partial charge in [-0.05, 0) is 70.6 Å². The van der Waals surface area contributed by atoms with Gasteiger partial charge in [0, 0.05) is 16.6 Å². The van der Waals surface area contributed by atoms with Crippen molar-refractivity contribution in [2.45, 2.75) is 19.2 Å². The molecule has 0 aliphatic heterocycles. The van der Waals surface area contributed by atoms with Crippen molar-refractivity contribution >= 4 is 56.9 Å². The Labute approximate surface area is 239 Å². The Bertz CT molecular complexity index is 1550. The summed E-state index contributed by atoms with van der Waals surface area (Å²) in [6, 6.07) is 19.6. The highest BCUT2D eigenvalue weighted by atomic mass is 127. The molecule has 12 heteroatoms. The van der Waals surface area contributed by atoms with E-state index in [9.17, 15) is 23.2 Å². The molecule has 0 atom stereocenters. The third-order valence-electron chi connectivity index (χ3n) is 5.21. The number of carbonyl (C=O) groups is 1. The number of halogens is 4. The summed E-state index contributed by atoms with van der Waals surface area (Å²) in [5.74, 6) is 0.260. The number of hydrogen-bond donors (Lipinski definition) is 2. The molecule has 0 spiro atoms. The first-order valence-corrected chi connectivity index (χ1v) is 13.3. The molecule has 0 unspecified atom stereocenters. The second-order valence-corrected chi connectivity index (χ2v) is 10.1. The standard InChI is InChI=1S/C27H19F3IN5O2S/c28-27(29,30)20-6-3-7-21(11-20)34-26-35-22(16-39-26)12-25(37)36-33-14-17-8-9-24(23(31)10-17)38-15-19-5-2-1-4-18(19)13-32/h1-11,14,16H,12,15H2,(H,34,35)(H,36,37)/b33-14-. The summed E-state index contributed by atoms with van der Waals surface area (Å²) in [7, 11) is 0. The average Bonchev–Trinajstić information content (AvgIpc) is 3.34. The first kappa shape index (κ1) is 28.1. The van der Waals surface area contributed by atoms with Gasteiger partial charge >= 0.3 is 6.18 Å². The van der Waals surface area contributed by atoms with Crippen molar-refractivity contribution in [2.75, 3.05) is 5.32 Å². The maximum atomic E-state index is 12.9. The second kappa shape index (κ2) is 12.7. The number of nitrogens with zero attached hydrogens (tertiary/aromatic N) is 3. The highest BCUT2D eigenvalue weighted by Gasteiger charge is 2.30. The predicted octanol–water partition coefficient (Wildman–Crippen LogP) is 6.65. The van der Waals surface area contributed by atoms with E-state index >= 15 is 0 Å². The van der Waals surface area contributed by atoms with E-state index in [4.69, 9.17) is 4.74 Å². The Kier molecular flexibility index (Phi) is 9.15. The van der Waals surface area contributed by atoms with Crippen molar-refractivity contribution in [1.82, 2.24) is 10.4 Å². The lowest BCUT2D eigenvalue weighted by molar-refractivity contribution is -0.137. The highest BCUT2D eigenvalue weighted by molar-refractivity contribution is 14.1. The van der Waals surface area contributed by atoms with Crippen LogP contribution in [0.1, 0.15) is 27.9 Å². The molecule has 0 aliphatic rings. The molecule has 39 heavy (non-hydrogen) atoms. The third-order valence-corrected chi connectivity index (χ3v) is 6.86. The van der Waals surface area contributed by atoms with E-state index in [-0.39, 0.29) is 18.7 Å². The number of amides is 1. The molecular weight excluding hydrogens is 642 g/mol. The molecule has 3 aromatic carbocycles. The summed E-state index contributed by atoms with van der Waals surface area (Å²) in [5, 5.41) is 18.0. The predicted molar refractivity (Wildman–Crippen MR) is 151 cm³/mol. The number of nitrogens with one attached hydrogen (secondary N) is 2. The van der Waals surface area contributed by atoms with Crippen molar-refractivity contribution in [1.29, 1.82) is 5.26 Å². The summed E-state index contributed by atoms with van der Waals surface area (Å²) >= 11 is 3.31. The molecule has 0 bridgehead atoms. The van der Waals surface area contributed by atoms with Crippen LogP contribution in [0.4, 0.5) is 24.0 Å². The van der Waals surface area contributed by atoms with Gasteiger partial charge in [0.1, 0.15) is 12.4 Å². The quantitative estimate of drug-likeness (QED) is 0.119. The lowest BCUT2D eigenvalue weighted by atomic mass is 10.1. The van der Waals surface area contributed by atoms with Crippen LogP contribution in [0.15, 0.2) is 77.2 Å². The van der Waals surface area contributed by atoms with Crippen molar-refractivity contribution in [3.63, 3.8) is 0 Å². The first-order valence-electron chi connectivity index (χ1n) is 11.3. The van der Waals surface area contributed by atoms with Crippen molar-refractivity contribution in [2.24, 2.45) is 5.10 Å². The molecule has 1 heterocycles. The number of anilines is 2. The zero-order chi connectivity index (χ0) is 27.8. The highest BCUT2D eigenvalue weighted by Crippen LogP contribution is 2.32. The van der Waals surface area contributed by atoms with Crippen LogP contribution in [-0.4, -0.2) is 17.1 Å². The van der Waals surface area contributed by atoms with E-state index < -0.39 is 17.6 Å². The number of ether oxygens (including phenoxy) is 1. The summed E-state index contributed by atoms with van der Waals surface area (Å²) in [6.07, 6.45) is -2.99. The molecule has 4 rings (SSSR count). The van der Waals surface area contributed by atoms with E-state index in [1.54, 1.807) is 29.6 Å². The SMILES string of the molecule is N#Cc1ccccc1COc1ccc(/C=N\NC(=O)Cc2csc(Nc3cccc(C(F)(F)F)c3)n2)cc1I. The molecular formula is C27H19F3IN5O2S. The maximum Gasteiger partial charge on any atom is 0.416 e. The minimum absolute atomic E-state index is 0.0490. The zero-order valence-corrected chi connectivity index (χ0v) is 23.0. The van der Waals surface area contributed by atoms with Gasteiger partial charge in [-0.15, -0.1) is 11.3 Å². The van der Waals surface area contributed by atoms with Gasteiger partial charge < -0.3 is 10.1 Å². The van der Waals surface area contributed by atoms with Crippen molar-refractivity contribution in [3.05, 3.63) is 104 Å². The Balaban J connectivity index is 1.28. The minimum atomic E-state index is -4.44. The molecule has 1 aromatic heterocycles. The van der Waals surface area contributed by atoms with Crippen LogP contribution in [0.3, 0.4) is 0 Å². The molecule has 1 amide bonds. The van der Waals surface area contributed by atoms with Gasteiger partial charge in [0.05, 0.1) is 39.1 Å². The fraction of sp³-hybridized carbons (Fsp3) is 0.111. The number of alkyl halides is 3. The molecule has 0 fully saturated rings. The monoisotopic (exact) mass is 661 g/mol. The van der Waals surface area contributed by atoms with E-state index in [0.717, 1.165) is 26.8 Å². The number of aromatic nitrogens is 1. The fourth-order valence-electron chi connectivity index (χ4n) is 3.35. The Hall–Kier alpha value is -3.96. The minimum Gasteiger partial charge on any atom is -0.488 e. The van der Waals surface area contributed by atoms with Crippen LogP contribution in [-0.2, 0) is 24.0 Å². The Morgan fingerprint density at radius 3 is 2.74 bits per heavy atom. The molecule has 4 aromatic rings. The molecule has 198 valence electrons. The third kappa shape index (κ3) is 8.01. The van der Waals surface area contributed by atoms with Gasteiger partial charge in [-0.2, -0.15) is 23.5 Å². The van der Waals surface area contributed by atoms with Crippen LogP contribution in [0.25, 0.3) is 0 Å². The van der Waals surface area contributed by atoms with Gasteiger partial charge in [0.15, 0.2) is 5.13 Å². The first-order chi connectivity index (χ1) is 18.7. The molecule has 0 aliphatic carbocycles. The molecule has 0 saturated carbocycles. The number of rotatable bonds is 9. The number of thiazole rings is 1. The van der Waals surface area contributed by atoms with E-state index in [0.29, 0.717) is 22.1 Å². The van der Waals surface area contributed by atoms with Crippen LogP contribution in [0.5, 0.6) is 5.75 Å². The molecule has 7 nitrogen and oxygen atoms in total. The van der Waals surface area contributed by atoms with Crippen LogP contribution < -0.4 is 15.5 Å². The maximum absolute atomic E-state index is 12.9. The largest absolute Gasteiger partial charge is 0.488 e. The smallest absolute Gasteiger partial charge is 0.416 e. The number of nitriles is 1. The lowest BCUT2D eigenvalue weighted by Crippen LogP contribution is -2.19. The Morgan fingerprint density at radius 1 is 1.15 bits per heavy atom. The van der Waals surface area contributed by atoms with Crippen LogP contribution in [0, 0.1) is 14.9 Å². The van der Waals surface area contributed by atoms with Gasteiger partial charge in [-0.25, -0.2) is 10.4 Å². The number of carbonyl (C=O) groups excluding carboxylic acids is 1. The van der Waals surface area contributed by atoms with Crippen molar-refractivity contribution in [3.8, 4) is 11.8 Å². The van der Waals surface area contributed by atoms with Crippen LogP contribution in [0.2, 0.25) is 0 Å². The van der Waals surface area contributed by atoms with E-state index in [1.165, 1.54) is 29.7 Å². The van der Waals surface area contributed by atoms with Gasteiger partial charge in [0.25, 0.3) is 0 Å². The summed E-state index contributed by atoms with van der Waals surface area (Å²) < 4.78 is 45.4.